The molecule has 0 saturated heterocycles. The zero-order chi connectivity index (χ0) is 17.7. The van der Waals surface area contributed by atoms with Crippen molar-refractivity contribution in [3.05, 3.63) is 35.7 Å². The summed E-state index contributed by atoms with van der Waals surface area (Å²) in [5.74, 6) is 1.33. The van der Waals surface area contributed by atoms with Crippen LogP contribution in [-0.2, 0) is 21.4 Å². The van der Waals surface area contributed by atoms with Crippen molar-refractivity contribution < 1.29 is 14.1 Å². The lowest BCUT2D eigenvalue weighted by Gasteiger charge is -2.23. The lowest BCUT2D eigenvalue weighted by atomic mass is 9.83. The van der Waals surface area contributed by atoms with Gasteiger partial charge in [0.2, 0.25) is 17.6 Å². The normalized spacial score (nSPS) is 16.1. The van der Waals surface area contributed by atoms with Crippen molar-refractivity contribution in [3.8, 4) is 11.4 Å². The molecule has 25 heavy (non-hydrogen) atoms. The summed E-state index contributed by atoms with van der Waals surface area (Å²) in [5.41, 5.74) is 1.81. The fourth-order valence-electron chi connectivity index (χ4n) is 3.52. The zero-order valence-electron chi connectivity index (χ0n) is 14.9. The molecule has 1 saturated carbocycles. The van der Waals surface area contributed by atoms with Crippen LogP contribution in [0.3, 0.4) is 0 Å². The summed E-state index contributed by atoms with van der Waals surface area (Å²) in [4.78, 5) is 16.1. The van der Waals surface area contributed by atoms with E-state index in [0.29, 0.717) is 18.9 Å². The largest absolute Gasteiger partial charge is 0.385 e. The Labute approximate surface area is 148 Å². The van der Waals surface area contributed by atoms with E-state index in [2.05, 4.69) is 15.5 Å². The fraction of sp³-hybridized carbons (Fsp3) is 0.526. The average Bonchev–Trinajstić information content (AvgIpc) is 3.31. The number of carbonyl (C=O) groups excluding carboxylic acids is 1. The van der Waals surface area contributed by atoms with Crippen LogP contribution in [0.15, 0.2) is 28.8 Å². The predicted octanol–water partition coefficient (Wildman–Crippen LogP) is 2.87. The second kappa shape index (κ2) is 7.78. The lowest BCUT2D eigenvalue weighted by molar-refractivity contribution is -0.119. The molecule has 1 N–H and O–H groups in total. The molecule has 0 spiro atoms. The minimum atomic E-state index is -0.0413. The number of hydrogen-bond acceptors (Lipinski definition) is 5. The first kappa shape index (κ1) is 17.6. The highest BCUT2D eigenvalue weighted by Crippen LogP contribution is 2.43. The Morgan fingerprint density at radius 3 is 2.64 bits per heavy atom. The van der Waals surface area contributed by atoms with Crippen LogP contribution in [0.25, 0.3) is 11.4 Å². The predicted molar refractivity (Wildman–Crippen MR) is 94.1 cm³/mol. The van der Waals surface area contributed by atoms with Gasteiger partial charge in [0.15, 0.2) is 0 Å². The zero-order valence-corrected chi connectivity index (χ0v) is 14.9. The van der Waals surface area contributed by atoms with E-state index in [-0.39, 0.29) is 11.3 Å². The number of aromatic nitrogens is 2. The molecule has 0 bridgehead atoms. The second-order valence-electron chi connectivity index (χ2n) is 6.70. The van der Waals surface area contributed by atoms with Crippen molar-refractivity contribution >= 4 is 5.91 Å². The number of ether oxygens (including phenoxy) is 1. The molecule has 1 aliphatic rings. The quantitative estimate of drug-likeness (QED) is 0.836. The smallest absolute Gasteiger partial charge is 0.233 e. The number of benzene rings is 1. The Morgan fingerprint density at radius 2 is 2.00 bits per heavy atom. The van der Waals surface area contributed by atoms with Crippen LogP contribution < -0.4 is 5.32 Å². The minimum Gasteiger partial charge on any atom is -0.385 e. The summed E-state index contributed by atoms with van der Waals surface area (Å²) >= 11 is 0. The van der Waals surface area contributed by atoms with Gasteiger partial charge in [-0.2, -0.15) is 4.98 Å². The Kier molecular flexibility index (Phi) is 5.48. The van der Waals surface area contributed by atoms with E-state index in [4.69, 9.17) is 9.26 Å². The van der Waals surface area contributed by atoms with E-state index in [1.54, 1.807) is 14.2 Å². The van der Waals surface area contributed by atoms with Gasteiger partial charge in [0, 0.05) is 26.3 Å². The molecule has 134 valence electrons. The first-order chi connectivity index (χ1) is 12.2. The van der Waals surface area contributed by atoms with Gasteiger partial charge >= 0.3 is 0 Å². The Hall–Kier alpha value is -2.21. The van der Waals surface area contributed by atoms with Crippen LogP contribution in [0.1, 0.15) is 43.6 Å². The standard InChI is InChI=1S/C19H25N3O3/c1-20-16(23)13-14-5-7-15(8-6-14)17-21-18(25-22-17)19(11-12-24-2)9-3-4-10-19/h5-8H,3-4,9-13H2,1-2H3,(H,20,23). The first-order valence-electron chi connectivity index (χ1n) is 8.80. The number of carbonyl (C=O) groups is 1. The van der Waals surface area contributed by atoms with E-state index < -0.39 is 0 Å². The van der Waals surface area contributed by atoms with Gasteiger partial charge in [0.1, 0.15) is 0 Å². The molecular formula is C19H25N3O3. The number of amides is 1. The average molecular weight is 343 g/mol. The van der Waals surface area contributed by atoms with Crippen LogP contribution in [-0.4, -0.2) is 36.8 Å². The molecule has 1 aromatic heterocycles. The van der Waals surface area contributed by atoms with Gasteiger partial charge in [0.25, 0.3) is 0 Å². The lowest BCUT2D eigenvalue weighted by Crippen LogP contribution is -2.24. The van der Waals surface area contributed by atoms with E-state index in [0.717, 1.165) is 36.3 Å². The van der Waals surface area contributed by atoms with Gasteiger partial charge < -0.3 is 14.6 Å². The third-order valence-electron chi connectivity index (χ3n) is 5.08. The third kappa shape index (κ3) is 3.90. The topological polar surface area (TPSA) is 77.2 Å². The number of likely N-dealkylation sites (N-methyl/N-ethyl adjacent to an activating group) is 1. The molecule has 0 atom stereocenters. The third-order valence-corrected chi connectivity index (χ3v) is 5.08. The highest BCUT2D eigenvalue weighted by molar-refractivity contribution is 5.78. The minimum absolute atomic E-state index is 0.00378. The van der Waals surface area contributed by atoms with Gasteiger partial charge in [-0.3, -0.25) is 4.79 Å². The molecule has 2 aromatic rings. The second-order valence-corrected chi connectivity index (χ2v) is 6.70. The van der Waals surface area contributed by atoms with Gasteiger partial charge in [0.05, 0.1) is 11.8 Å². The summed E-state index contributed by atoms with van der Waals surface area (Å²) in [5, 5.41) is 6.81. The molecule has 6 nitrogen and oxygen atoms in total. The molecule has 6 heteroatoms. The molecule has 3 rings (SSSR count). The number of methoxy groups -OCH3 is 1. The van der Waals surface area contributed by atoms with E-state index >= 15 is 0 Å². The van der Waals surface area contributed by atoms with Crippen molar-refractivity contribution in [2.75, 3.05) is 20.8 Å². The Balaban J connectivity index is 1.77. The number of hydrogen-bond donors (Lipinski definition) is 1. The van der Waals surface area contributed by atoms with Crippen molar-refractivity contribution in [1.82, 2.24) is 15.5 Å². The van der Waals surface area contributed by atoms with E-state index in [1.807, 2.05) is 24.3 Å². The van der Waals surface area contributed by atoms with Crippen molar-refractivity contribution in [2.24, 2.45) is 0 Å². The van der Waals surface area contributed by atoms with E-state index in [9.17, 15) is 4.79 Å². The molecule has 1 heterocycles. The van der Waals surface area contributed by atoms with Crippen molar-refractivity contribution in [1.29, 1.82) is 0 Å². The van der Waals surface area contributed by atoms with E-state index in [1.165, 1.54) is 12.8 Å². The maximum atomic E-state index is 11.4. The molecule has 1 aromatic carbocycles. The Bertz CT molecular complexity index is 703. The van der Waals surface area contributed by atoms with Gasteiger partial charge in [-0.1, -0.05) is 42.3 Å². The van der Waals surface area contributed by atoms with Crippen LogP contribution in [0.2, 0.25) is 0 Å². The molecule has 1 amide bonds. The first-order valence-corrected chi connectivity index (χ1v) is 8.80. The van der Waals surface area contributed by atoms with Gasteiger partial charge in [-0.05, 0) is 24.8 Å². The number of rotatable bonds is 7. The van der Waals surface area contributed by atoms with Crippen LogP contribution in [0.5, 0.6) is 0 Å². The molecular weight excluding hydrogens is 318 g/mol. The van der Waals surface area contributed by atoms with Crippen LogP contribution in [0, 0.1) is 0 Å². The molecule has 1 aliphatic carbocycles. The van der Waals surface area contributed by atoms with Crippen molar-refractivity contribution in [2.45, 2.75) is 43.9 Å². The number of nitrogens with zero attached hydrogens (tertiary/aromatic N) is 2. The van der Waals surface area contributed by atoms with Crippen LogP contribution in [0.4, 0.5) is 0 Å². The number of nitrogens with one attached hydrogen (secondary N) is 1. The highest BCUT2D eigenvalue weighted by Gasteiger charge is 2.40. The van der Waals surface area contributed by atoms with Crippen molar-refractivity contribution in [3.63, 3.8) is 0 Å². The molecule has 1 fully saturated rings. The molecule has 0 unspecified atom stereocenters. The maximum Gasteiger partial charge on any atom is 0.233 e. The Morgan fingerprint density at radius 1 is 1.28 bits per heavy atom. The SMILES string of the molecule is CNC(=O)Cc1ccc(-c2noc(C3(CCOC)CCCC3)n2)cc1. The highest BCUT2D eigenvalue weighted by atomic mass is 16.5. The fourth-order valence-corrected chi connectivity index (χ4v) is 3.52. The maximum absolute atomic E-state index is 11.4. The molecule has 0 radical (unpaired) electrons. The monoisotopic (exact) mass is 343 g/mol. The van der Waals surface area contributed by atoms with Gasteiger partial charge in [-0.15, -0.1) is 0 Å². The summed E-state index contributed by atoms with van der Waals surface area (Å²) in [7, 11) is 3.36. The molecule has 0 aliphatic heterocycles. The van der Waals surface area contributed by atoms with Gasteiger partial charge in [-0.25, -0.2) is 0 Å². The summed E-state index contributed by atoms with van der Waals surface area (Å²) in [6.07, 6.45) is 5.81. The summed E-state index contributed by atoms with van der Waals surface area (Å²) in [6, 6.07) is 7.72. The van der Waals surface area contributed by atoms with Crippen LogP contribution >= 0.6 is 0 Å². The summed E-state index contributed by atoms with van der Waals surface area (Å²) in [6.45, 7) is 0.700. The summed E-state index contributed by atoms with van der Waals surface area (Å²) < 4.78 is 10.9.